The number of hydrogen-bond donors (Lipinski definition) is 1. The van der Waals surface area contributed by atoms with Crippen LogP contribution in [0.3, 0.4) is 0 Å². The molecule has 0 bridgehead atoms. The van der Waals surface area contributed by atoms with Gasteiger partial charge in [-0.1, -0.05) is 6.92 Å². The lowest BCUT2D eigenvalue weighted by atomic mass is 10.1. The van der Waals surface area contributed by atoms with Gasteiger partial charge in [0.05, 0.1) is 4.90 Å². The first-order chi connectivity index (χ1) is 9.90. The molecule has 0 unspecified atom stereocenters. The van der Waals surface area contributed by atoms with Crippen molar-refractivity contribution in [1.29, 1.82) is 0 Å². The maximum absolute atomic E-state index is 13.9. The summed E-state index contributed by atoms with van der Waals surface area (Å²) in [6, 6.07) is 2.81. The highest BCUT2D eigenvalue weighted by atomic mass is 32.2. The second kappa shape index (κ2) is 6.42. The van der Waals surface area contributed by atoms with Gasteiger partial charge in [0.1, 0.15) is 5.82 Å². The smallest absolute Gasteiger partial charge is 0.243 e. The SMILES string of the molecule is CCCN(CC1CC1)S(=O)(=O)c1cc(CN)cc(F)c1C. The zero-order valence-corrected chi connectivity index (χ0v) is 13.4. The number of hydrogen-bond acceptors (Lipinski definition) is 3. The van der Waals surface area contributed by atoms with Crippen LogP contribution in [0.25, 0.3) is 0 Å². The van der Waals surface area contributed by atoms with Crippen molar-refractivity contribution >= 4 is 10.0 Å². The van der Waals surface area contributed by atoms with Crippen LogP contribution in [0.15, 0.2) is 17.0 Å². The Morgan fingerprint density at radius 1 is 1.38 bits per heavy atom. The van der Waals surface area contributed by atoms with Crippen LogP contribution in [0, 0.1) is 18.7 Å². The van der Waals surface area contributed by atoms with Gasteiger partial charge in [-0.15, -0.1) is 0 Å². The molecule has 6 heteroatoms. The highest BCUT2D eigenvalue weighted by Gasteiger charge is 2.32. The highest BCUT2D eigenvalue weighted by Crippen LogP contribution is 2.32. The molecule has 2 N–H and O–H groups in total. The van der Waals surface area contributed by atoms with E-state index in [9.17, 15) is 12.8 Å². The van der Waals surface area contributed by atoms with Gasteiger partial charge in [0, 0.05) is 25.2 Å². The maximum atomic E-state index is 13.9. The van der Waals surface area contributed by atoms with Crippen LogP contribution in [-0.4, -0.2) is 25.8 Å². The summed E-state index contributed by atoms with van der Waals surface area (Å²) in [5.74, 6) is -0.0615. The van der Waals surface area contributed by atoms with Gasteiger partial charge < -0.3 is 5.73 Å². The van der Waals surface area contributed by atoms with Gasteiger partial charge in [-0.3, -0.25) is 0 Å². The van der Waals surface area contributed by atoms with Crippen molar-refractivity contribution in [1.82, 2.24) is 4.31 Å². The first-order valence-corrected chi connectivity index (χ1v) is 8.83. The van der Waals surface area contributed by atoms with E-state index in [4.69, 9.17) is 5.73 Å². The molecule has 118 valence electrons. The molecule has 0 saturated heterocycles. The van der Waals surface area contributed by atoms with Gasteiger partial charge >= 0.3 is 0 Å². The van der Waals surface area contributed by atoms with Crippen LogP contribution in [0.2, 0.25) is 0 Å². The molecule has 0 amide bonds. The van der Waals surface area contributed by atoms with Gasteiger partial charge in [-0.2, -0.15) is 4.31 Å². The van der Waals surface area contributed by atoms with Gasteiger partial charge in [0.2, 0.25) is 10.0 Å². The predicted molar refractivity (Wildman–Crippen MR) is 80.8 cm³/mol. The molecule has 0 aromatic heterocycles. The van der Waals surface area contributed by atoms with Crippen molar-refractivity contribution in [2.24, 2.45) is 11.7 Å². The van der Waals surface area contributed by atoms with E-state index in [1.165, 1.54) is 23.4 Å². The molecular formula is C15H23FN2O2S. The molecule has 1 aliphatic carbocycles. The molecule has 0 atom stereocenters. The Morgan fingerprint density at radius 3 is 2.57 bits per heavy atom. The summed E-state index contributed by atoms with van der Waals surface area (Å²) in [5.41, 5.74) is 6.20. The molecule has 1 fully saturated rings. The Balaban J connectivity index is 2.42. The number of sulfonamides is 1. The van der Waals surface area contributed by atoms with Crippen molar-refractivity contribution in [2.75, 3.05) is 13.1 Å². The fraction of sp³-hybridized carbons (Fsp3) is 0.600. The van der Waals surface area contributed by atoms with E-state index in [-0.39, 0.29) is 17.0 Å². The average Bonchev–Trinajstić information content (AvgIpc) is 3.25. The number of benzene rings is 1. The summed E-state index contributed by atoms with van der Waals surface area (Å²) in [6.07, 6.45) is 2.89. The van der Waals surface area contributed by atoms with Crippen molar-refractivity contribution in [3.05, 3.63) is 29.1 Å². The summed E-state index contributed by atoms with van der Waals surface area (Å²) in [5, 5.41) is 0. The van der Waals surface area contributed by atoms with Crippen molar-refractivity contribution in [3.63, 3.8) is 0 Å². The summed E-state index contributed by atoms with van der Waals surface area (Å²) in [6.45, 7) is 4.57. The van der Waals surface area contributed by atoms with Crippen molar-refractivity contribution < 1.29 is 12.8 Å². The molecule has 0 heterocycles. The molecule has 1 saturated carbocycles. The molecular weight excluding hydrogens is 291 g/mol. The van der Waals surface area contributed by atoms with E-state index >= 15 is 0 Å². The van der Waals surface area contributed by atoms with Gasteiger partial charge in [0.25, 0.3) is 0 Å². The summed E-state index contributed by atoms with van der Waals surface area (Å²) < 4.78 is 41.1. The monoisotopic (exact) mass is 314 g/mol. The van der Waals surface area contributed by atoms with Crippen molar-refractivity contribution in [2.45, 2.75) is 44.6 Å². The lowest BCUT2D eigenvalue weighted by Gasteiger charge is -2.23. The average molecular weight is 314 g/mol. The Morgan fingerprint density at radius 2 is 2.05 bits per heavy atom. The minimum atomic E-state index is -3.67. The molecule has 21 heavy (non-hydrogen) atoms. The van der Waals surface area contributed by atoms with E-state index in [1.807, 2.05) is 6.92 Å². The predicted octanol–water partition coefficient (Wildman–Crippen LogP) is 2.40. The fourth-order valence-electron chi connectivity index (χ4n) is 2.38. The summed E-state index contributed by atoms with van der Waals surface area (Å²) in [7, 11) is -3.67. The largest absolute Gasteiger partial charge is 0.326 e. The molecule has 4 nitrogen and oxygen atoms in total. The maximum Gasteiger partial charge on any atom is 0.243 e. The van der Waals surface area contributed by atoms with Crippen LogP contribution < -0.4 is 5.73 Å². The minimum Gasteiger partial charge on any atom is -0.326 e. The Hall–Kier alpha value is -0.980. The number of nitrogens with zero attached hydrogens (tertiary/aromatic N) is 1. The minimum absolute atomic E-state index is 0.0528. The zero-order valence-electron chi connectivity index (χ0n) is 12.6. The lowest BCUT2D eigenvalue weighted by molar-refractivity contribution is 0.395. The molecule has 0 aliphatic heterocycles. The molecule has 1 aromatic rings. The summed E-state index contributed by atoms with van der Waals surface area (Å²) in [4.78, 5) is 0.0528. The first-order valence-electron chi connectivity index (χ1n) is 7.39. The van der Waals surface area contributed by atoms with Crippen LogP contribution in [0.4, 0.5) is 4.39 Å². The number of nitrogens with two attached hydrogens (primary N) is 1. The molecule has 1 aromatic carbocycles. The normalized spacial score (nSPS) is 15.7. The molecule has 1 aliphatic rings. The fourth-order valence-corrected chi connectivity index (χ4v) is 4.27. The van der Waals surface area contributed by atoms with Gasteiger partial charge in [-0.05, 0) is 49.8 Å². The molecule has 2 rings (SSSR count). The van der Waals surface area contributed by atoms with E-state index in [1.54, 1.807) is 0 Å². The third kappa shape index (κ3) is 3.62. The Labute approximate surface area is 126 Å². The first kappa shape index (κ1) is 16.4. The topological polar surface area (TPSA) is 63.4 Å². The van der Waals surface area contributed by atoms with Gasteiger partial charge in [0.15, 0.2) is 0 Å². The Kier molecular flexibility index (Phi) is 5.01. The van der Waals surface area contributed by atoms with E-state index < -0.39 is 15.8 Å². The highest BCUT2D eigenvalue weighted by molar-refractivity contribution is 7.89. The van der Waals surface area contributed by atoms with Crippen molar-refractivity contribution in [3.8, 4) is 0 Å². The second-order valence-corrected chi connectivity index (χ2v) is 7.62. The Bertz CT molecular complexity index is 612. The van der Waals surface area contributed by atoms with E-state index in [0.29, 0.717) is 24.6 Å². The second-order valence-electron chi connectivity index (χ2n) is 5.71. The third-order valence-electron chi connectivity index (χ3n) is 3.84. The van der Waals surface area contributed by atoms with Crippen LogP contribution in [0.1, 0.15) is 37.3 Å². The zero-order chi connectivity index (χ0) is 15.6. The van der Waals surface area contributed by atoms with E-state index in [2.05, 4.69) is 0 Å². The van der Waals surface area contributed by atoms with Gasteiger partial charge in [-0.25, -0.2) is 12.8 Å². The standard InChI is InChI=1S/C15H23FN2O2S/c1-3-6-18(10-12-4-5-12)21(19,20)15-8-13(9-17)7-14(16)11(15)2/h7-8,12H,3-6,9-10,17H2,1-2H3. The van der Waals surface area contributed by atoms with Crippen LogP contribution >= 0.6 is 0 Å². The molecule has 0 spiro atoms. The number of halogens is 1. The third-order valence-corrected chi connectivity index (χ3v) is 5.83. The van der Waals surface area contributed by atoms with Crippen LogP contribution in [-0.2, 0) is 16.6 Å². The lowest BCUT2D eigenvalue weighted by Crippen LogP contribution is -2.34. The number of rotatable bonds is 7. The van der Waals surface area contributed by atoms with Crippen LogP contribution in [0.5, 0.6) is 0 Å². The molecule has 0 radical (unpaired) electrons. The van der Waals surface area contributed by atoms with E-state index in [0.717, 1.165) is 19.3 Å². The quantitative estimate of drug-likeness (QED) is 0.840. The summed E-state index contributed by atoms with van der Waals surface area (Å²) >= 11 is 0.